The Bertz CT molecular complexity index is 954. The molecule has 1 aliphatic heterocycles. The Hall–Kier alpha value is -3.08. The molecule has 3 N–H and O–H groups in total. The van der Waals surface area contributed by atoms with Gasteiger partial charge in [0.2, 0.25) is 5.91 Å². The van der Waals surface area contributed by atoms with Crippen LogP contribution in [-0.2, 0) is 17.8 Å². The van der Waals surface area contributed by atoms with E-state index in [9.17, 15) is 4.79 Å². The van der Waals surface area contributed by atoms with E-state index in [2.05, 4.69) is 34.5 Å². The van der Waals surface area contributed by atoms with Gasteiger partial charge in [-0.05, 0) is 30.0 Å². The number of primary amides is 1. The number of anilines is 2. The smallest absolute Gasteiger partial charge is 0.236 e. The number of benzene rings is 2. The van der Waals surface area contributed by atoms with Gasteiger partial charge in [-0.2, -0.15) is 0 Å². The molecule has 3 aromatic rings. The number of aromatic nitrogens is 1. The lowest BCUT2D eigenvalue weighted by Gasteiger charge is -2.23. The Labute approximate surface area is 152 Å². The zero-order chi connectivity index (χ0) is 17.9. The van der Waals surface area contributed by atoms with Crippen molar-refractivity contribution in [3.8, 4) is 0 Å². The average molecular weight is 346 g/mol. The number of amides is 1. The number of hydrogen-bond donors (Lipinski definition) is 2. The van der Waals surface area contributed by atoms with Crippen molar-refractivity contribution in [2.75, 3.05) is 23.3 Å². The first-order valence-corrected chi connectivity index (χ1v) is 8.94. The molecule has 0 unspecified atom stereocenters. The quantitative estimate of drug-likeness (QED) is 0.761. The number of rotatable bonds is 4. The number of carbonyl (C=O) groups is 1. The summed E-state index contributed by atoms with van der Waals surface area (Å²) >= 11 is 0. The Kier molecular flexibility index (Phi) is 4.44. The van der Waals surface area contributed by atoms with E-state index in [0.29, 0.717) is 0 Å². The molecule has 2 aromatic carbocycles. The standard InChI is InChI=1S/C21H22N4O/c22-20(26)13-23-19-12-21(24-18-10-4-3-9-17(18)19)25-11-5-8-15-6-1-2-7-16(15)14-25/h1-4,6-7,9-10,12H,5,8,11,13-14H2,(H2,22,26)(H,23,24). The predicted molar refractivity (Wildman–Crippen MR) is 105 cm³/mol. The van der Waals surface area contributed by atoms with Crippen molar-refractivity contribution in [1.82, 2.24) is 4.98 Å². The maximum absolute atomic E-state index is 11.2. The maximum atomic E-state index is 11.2. The van der Waals surface area contributed by atoms with Crippen molar-refractivity contribution >= 4 is 28.3 Å². The fraction of sp³-hybridized carbons (Fsp3) is 0.238. The summed E-state index contributed by atoms with van der Waals surface area (Å²) in [5.74, 6) is 0.545. The second kappa shape index (κ2) is 7.04. The molecule has 0 spiro atoms. The number of aryl methyl sites for hydroxylation is 1. The molecule has 0 saturated heterocycles. The first-order valence-electron chi connectivity index (χ1n) is 8.94. The number of carbonyl (C=O) groups excluding carboxylic acids is 1. The summed E-state index contributed by atoms with van der Waals surface area (Å²) in [5.41, 5.74) is 9.89. The van der Waals surface area contributed by atoms with Crippen LogP contribution in [0.25, 0.3) is 10.9 Å². The van der Waals surface area contributed by atoms with E-state index in [-0.39, 0.29) is 12.5 Å². The van der Waals surface area contributed by atoms with Crippen molar-refractivity contribution in [2.24, 2.45) is 5.73 Å². The predicted octanol–water partition coefficient (Wildman–Crippen LogP) is 3.08. The molecule has 26 heavy (non-hydrogen) atoms. The van der Waals surface area contributed by atoms with Crippen LogP contribution in [0.2, 0.25) is 0 Å². The van der Waals surface area contributed by atoms with Crippen molar-refractivity contribution in [3.63, 3.8) is 0 Å². The van der Waals surface area contributed by atoms with Crippen LogP contribution in [0, 0.1) is 0 Å². The Morgan fingerprint density at radius 2 is 1.88 bits per heavy atom. The molecule has 4 rings (SSSR count). The zero-order valence-corrected chi connectivity index (χ0v) is 14.6. The van der Waals surface area contributed by atoms with Crippen LogP contribution >= 0.6 is 0 Å². The Balaban J connectivity index is 1.73. The van der Waals surface area contributed by atoms with Gasteiger partial charge in [0.25, 0.3) is 0 Å². The molecule has 5 nitrogen and oxygen atoms in total. The van der Waals surface area contributed by atoms with Gasteiger partial charge in [-0.15, -0.1) is 0 Å². The van der Waals surface area contributed by atoms with Crippen LogP contribution in [-0.4, -0.2) is 24.0 Å². The Morgan fingerprint density at radius 1 is 1.12 bits per heavy atom. The minimum atomic E-state index is -0.379. The fourth-order valence-corrected chi connectivity index (χ4v) is 3.55. The van der Waals surface area contributed by atoms with Crippen molar-refractivity contribution in [2.45, 2.75) is 19.4 Å². The summed E-state index contributed by atoms with van der Waals surface area (Å²) in [5, 5.41) is 4.15. The normalized spacial score (nSPS) is 13.9. The highest BCUT2D eigenvalue weighted by Crippen LogP contribution is 2.29. The number of nitrogens with two attached hydrogens (primary N) is 1. The van der Waals surface area contributed by atoms with Crippen LogP contribution in [0.4, 0.5) is 11.5 Å². The Morgan fingerprint density at radius 3 is 2.73 bits per heavy atom. The van der Waals surface area contributed by atoms with E-state index >= 15 is 0 Å². The van der Waals surface area contributed by atoms with Crippen LogP contribution in [0.15, 0.2) is 54.6 Å². The number of nitrogens with one attached hydrogen (secondary N) is 1. The second-order valence-electron chi connectivity index (χ2n) is 6.66. The molecule has 0 fully saturated rings. The van der Waals surface area contributed by atoms with Gasteiger partial charge in [-0.1, -0.05) is 42.5 Å². The summed E-state index contributed by atoms with van der Waals surface area (Å²) in [7, 11) is 0. The van der Waals surface area contributed by atoms with Crippen LogP contribution < -0.4 is 16.0 Å². The van der Waals surface area contributed by atoms with Crippen LogP contribution in [0.5, 0.6) is 0 Å². The van der Waals surface area contributed by atoms with Gasteiger partial charge in [0.1, 0.15) is 5.82 Å². The maximum Gasteiger partial charge on any atom is 0.236 e. The number of pyridine rings is 1. The van der Waals surface area contributed by atoms with E-state index in [1.54, 1.807) is 0 Å². The monoisotopic (exact) mass is 346 g/mol. The van der Waals surface area contributed by atoms with Gasteiger partial charge in [-0.3, -0.25) is 4.79 Å². The molecule has 0 aliphatic carbocycles. The van der Waals surface area contributed by atoms with Gasteiger partial charge < -0.3 is 16.0 Å². The molecular weight excluding hydrogens is 324 g/mol. The first-order chi connectivity index (χ1) is 12.7. The van der Waals surface area contributed by atoms with Gasteiger partial charge in [0.15, 0.2) is 0 Å². The molecule has 0 atom stereocenters. The zero-order valence-electron chi connectivity index (χ0n) is 14.6. The third-order valence-corrected chi connectivity index (χ3v) is 4.83. The van der Waals surface area contributed by atoms with Crippen LogP contribution in [0.1, 0.15) is 17.5 Å². The van der Waals surface area contributed by atoms with E-state index in [1.807, 2.05) is 30.3 Å². The molecule has 0 saturated carbocycles. The molecular formula is C21H22N4O. The van der Waals surface area contributed by atoms with Crippen LogP contribution in [0.3, 0.4) is 0 Å². The highest BCUT2D eigenvalue weighted by molar-refractivity contribution is 5.94. The van der Waals surface area contributed by atoms with E-state index in [4.69, 9.17) is 10.7 Å². The molecule has 1 aliphatic rings. The lowest BCUT2D eigenvalue weighted by Crippen LogP contribution is -2.25. The minimum absolute atomic E-state index is 0.107. The molecule has 132 valence electrons. The SMILES string of the molecule is NC(=O)CNc1cc(N2CCCc3ccccc3C2)nc2ccccc12. The van der Waals surface area contributed by atoms with Crippen molar-refractivity contribution in [3.05, 3.63) is 65.7 Å². The fourth-order valence-electron chi connectivity index (χ4n) is 3.55. The summed E-state index contributed by atoms with van der Waals surface area (Å²) in [6.07, 6.45) is 2.18. The highest BCUT2D eigenvalue weighted by Gasteiger charge is 2.17. The van der Waals surface area contributed by atoms with E-state index in [1.165, 1.54) is 11.1 Å². The second-order valence-corrected chi connectivity index (χ2v) is 6.66. The van der Waals surface area contributed by atoms with Crippen molar-refractivity contribution < 1.29 is 4.79 Å². The molecule has 1 amide bonds. The summed E-state index contributed by atoms with van der Waals surface area (Å²) < 4.78 is 0. The lowest BCUT2D eigenvalue weighted by atomic mass is 10.0. The minimum Gasteiger partial charge on any atom is -0.376 e. The number of hydrogen-bond acceptors (Lipinski definition) is 4. The molecule has 1 aromatic heterocycles. The number of para-hydroxylation sites is 1. The molecule has 5 heteroatoms. The summed E-state index contributed by atoms with van der Waals surface area (Å²) in [4.78, 5) is 18.4. The summed E-state index contributed by atoms with van der Waals surface area (Å²) in [6.45, 7) is 1.91. The third-order valence-electron chi connectivity index (χ3n) is 4.83. The van der Waals surface area contributed by atoms with Crippen molar-refractivity contribution in [1.29, 1.82) is 0 Å². The van der Waals surface area contributed by atoms with Gasteiger partial charge in [0, 0.05) is 30.2 Å². The topological polar surface area (TPSA) is 71.2 Å². The third kappa shape index (κ3) is 3.33. The number of nitrogens with zero attached hydrogens (tertiary/aromatic N) is 2. The number of fused-ring (bicyclic) bond motifs is 2. The highest BCUT2D eigenvalue weighted by atomic mass is 16.1. The van der Waals surface area contributed by atoms with E-state index in [0.717, 1.165) is 48.3 Å². The van der Waals surface area contributed by atoms with Gasteiger partial charge in [-0.25, -0.2) is 4.98 Å². The van der Waals surface area contributed by atoms with E-state index < -0.39 is 0 Å². The average Bonchev–Trinajstić information content (AvgIpc) is 2.88. The molecule has 0 radical (unpaired) electrons. The lowest BCUT2D eigenvalue weighted by molar-refractivity contribution is -0.116. The molecule has 2 heterocycles. The summed E-state index contributed by atoms with van der Waals surface area (Å²) in [6, 6.07) is 18.6. The largest absolute Gasteiger partial charge is 0.376 e. The van der Waals surface area contributed by atoms with Gasteiger partial charge in [0.05, 0.1) is 12.1 Å². The molecule has 0 bridgehead atoms. The van der Waals surface area contributed by atoms with Gasteiger partial charge >= 0.3 is 0 Å². The first kappa shape index (κ1) is 16.4.